The second kappa shape index (κ2) is 8.96. The molecule has 30 heavy (non-hydrogen) atoms. The van der Waals surface area contributed by atoms with Gasteiger partial charge in [-0.3, -0.25) is 0 Å². The van der Waals surface area contributed by atoms with E-state index in [2.05, 4.69) is 15.1 Å². The maximum Gasteiger partial charge on any atom is 0.223 e. The highest BCUT2D eigenvalue weighted by Gasteiger charge is 2.11. The van der Waals surface area contributed by atoms with E-state index in [1.165, 1.54) is 0 Å². The highest BCUT2D eigenvalue weighted by molar-refractivity contribution is 7.13. The molecule has 4 rings (SSSR count). The van der Waals surface area contributed by atoms with Crippen LogP contribution in [0, 0.1) is 6.92 Å². The minimum atomic E-state index is 0.380. The monoisotopic (exact) mass is 423 g/mol. The van der Waals surface area contributed by atoms with Crippen molar-refractivity contribution in [3.05, 3.63) is 59.4 Å². The third-order valence-electron chi connectivity index (χ3n) is 4.29. The molecule has 0 atom stereocenters. The molecule has 0 aliphatic heterocycles. The van der Waals surface area contributed by atoms with Gasteiger partial charge in [-0.15, -0.1) is 11.3 Å². The minimum Gasteiger partial charge on any atom is -0.493 e. The van der Waals surface area contributed by atoms with Gasteiger partial charge in [-0.05, 0) is 49.4 Å². The van der Waals surface area contributed by atoms with Crippen LogP contribution in [-0.4, -0.2) is 28.8 Å². The van der Waals surface area contributed by atoms with E-state index in [1.54, 1.807) is 25.4 Å². The molecular formula is C22H21N3O4S. The van der Waals surface area contributed by atoms with Gasteiger partial charge in [0.2, 0.25) is 11.7 Å². The molecule has 0 N–H and O–H groups in total. The maximum atomic E-state index is 5.87. The summed E-state index contributed by atoms with van der Waals surface area (Å²) in [5.41, 5.74) is 2.71. The van der Waals surface area contributed by atoms with Crippen molar-refractivity contribution in [3.63, 3.8) is 0 Å². The average molecular weight is 423 g/mol. The molecule has 0 saturated carbocycles. The number of nitrogens with zero attached hydrogens (tertiary/aromatic N) is 3. The number of ether oxygens (including phenoxy) is 3. The number of hydrogen-bond acceptors (Lipinski definition) is 8. The van der Waals surface area contributed by atoms with Crippen molar-refractivity contribution < 1.29 is 18.7 Å². The lowest BCUT2D eigenvalue weighted by Crippen LogP contribution is -1.96. The number of aryl methyl sites for hydroxylation is 1. The van der Waals surface area contributed by atoms with Gasteiger partial charge >= 0.3 is 0 Å². The molecule has 0 saturated heterocycles. The molecule has 0 spiro atoms. The van der Waals surface area contributed by atoms with Gasteiger partial charge in [0.15, 0.2) is 11.5 Å². The molecule has 2 heterocycles. The Bertz CT molecular complexity index is 1120. The summed E-state index contributed by atoms with van der Waals surface area (Å²) in [6, 6.07) is 13.4. The Morgan fingerprint density at radius 2 is 1.77 bits per heavy atom. The third-order valence-corrected chi connectivity index (χ3v) is 5.23. The molecule has 4 aromatic rings. The molecule has 0 aliphatic rings. The number of aromatic nitrogens is 3. The summed E-state index contributed by atoms with van der Waals surface area (Å²) in [5, 5.41) is 6.81. The zero-order chi connectivity index (χ0) is 20.9. The van der Waals surface area contributed by atoms with Crippen molar-refractivity contribution >= 4 is 11.3 Å². The highest BCUT2D eigenvalue weighted by atomic mass is 32.1. The van der Waals surface area contributed by atoms with Crippen LogP contribution < -0.4 is 14.2 Å². The van der Waals surface area contributed by atoms with Crippen LogP contribution in [0.2, 0.25) is 0 Å². The lowest BCUT2D eigenvalue weighted by atomic mass is 10.2. The molecule has 0 bridgehead atoms. The molecule has 8 heteroatoms. The van der Waals surface area contributed by atoms with E-state index >= 15 is 0 Å². The van der Waals surface area contributed by atoms with E-state index in [4.69, 9.17) is 18.7 Å². The molecular weight excluding hydrogens is 402 g/mol. The fraction of sp³-hybridized carbons (Fsp3) is 0.227. The largest absolute Gasteiger partial charge is 0.493 e. The van der Waals surface area contributed by atoms with Gasteiger partial charge in [-0.2, -0.15) is 4.98 Å². The Kier molecular flexibility index (Phi) is 5.94. The molecule has 0 aliphatic carbocycles. The van der Waals surface area contributed by atoms with Crippen LogP contribution in [0.1, 0.15) is 18.5 Å². The van der Waals surface area contributed by atoms with Crippen molar-refractivity contribution in [2.75, 3.05) is 13.7 Å². The van der Waals surface area contributed by atoms with Gasteiger partial charge in [0.25, 0.3) is 0 Å². The summed E-state index contributed by atoms with van der Waals surface area (Å²) < 4.78 is 21.9. The molecule has 0 amide bonds. The molecule has 0 fully saturated rings. The first-order chi connectivity index (χ1) is 14.7. The van der Waals surface area contributed by atoms with Crippen LogP contribution in [0.25, 0.3) is 22.0 Å². The van der Waals surface area contributed by atoms with E-state index < -0.39 is 0 Å². The zero-order valence-electron chi connectivity index (χ0n) is 16.9. The van der Waals surface area contributed by atoms with Gasteiger partial charge in [0, 0.05) is 23.4 Å². The fourth-order valence-electron chi connectivity index (χ4n) is 2.86. The van der Waals surface area contributed by atoms with Gasteiger partial charge in [0.1, 0.15) is 17.4 Å². The first-order valence-corrected chi connectivity index (χ1v) is 10.3. The van der Waals surface area contributed by atoms with Crippen LogP contribution in [0.3, 0.4) is 0 Å². The van der Waals surface area contributed by atoms with E-state index in [0.717, 1.165) is 33.3 Å². The predicted molar refractivity (Wildman–Crippen MR) is 114 cm³/mol. The van der Waals surface area contributed by atoms with Crippen LogP contribution in [0.15, 0.2) is 52.4 Å². The molecule has 0 radical (unpaired) electrons. The third kappa shape index (κ3) is 4.44. The van der Waals surface area contributed by atoms with Crippen molar-refractivity contribution in [2.45, 2.75) is 20.5 Å². The first kappa shape index (κ1) is 19.9. The van der Waals surface area contributed by atoms with Gasteiger partial charge in [0.05, 0.1) is 19.4 Å². The van der Waals surface area contributed by atoms with Gasteiger partial charge in [-0.25, -0.2) is 4.98 Å². The van der Waals surface area contributed by atoms with Crippen molar-refractivity contribution in [3.8, 4) is 39.2 Å². The summed E-state index contributed by atoms with van der Waals surface area (Å²) in [4.78, 5) is 8.90. The molecule has 7 nitrogen and oxygen atoms in total. The Morgan fingerprint density at radius 1 is 0.967 bits per heavy atom. The Balaban J connectivity index is 1.41. The molecule has 0 unspecified atom stereocenters. The lowest BCUT2D eigenvalue weighted by molar-refractivity contribution is 0.302. The van der Waals surface area contributed by atoms with Crippen molar-refractivity contribution in [1.82, 2.24) is 15.1 Å². The van der Waals surface area contributed by atoms with Gasteiger partial charge in [-0.1, -0.05) is 5.16 Å². The second-order valence-electron chi connectivity index (χ2n) is 6.39. The van der Waals surface area contributed by atoms with Crippen molar-refractivity contribution in [1.29, 1.82) is 0 Å². The summed E-state index contributed by atoms with van der Waals surface area (Å²) in [7, 11) is 1.63. The van der Waals surface area contributed by atoms with E-state index in [9.17, 15) is 0 Å². The molecule has 154 valence electrons. The Hall–Kier alpha value is -3.39. The predicted octanol–water partition coefficient (Wildman–Crippen LogP) is 5.15. The van der Waals surface area contributed by atoms with Crippen molar-refractivity contribution in [2.24, 2.45) is 0 Å². The Labute approximate surface area is 178 Å². The summed E-state index contributed by atoms with van der Waals surface area (Å²) in [6.45, 7) is 4.68. The van der Waals surface area contributed by atoms with E-state index in [-0.39, 0.29) is 0 Å². The minimum absolute atomic E-state index is 0.380. The maximum absolute atomic E-state index is 5.87. The number of thiazole rings is 1. The number of benzene rings is 2. The molecule has 2 aromatic carbocycles. The van der Waals surface area contributed by atoms with Crippen LogP contribution in [-0.2, 0) is 6.61 Å². The summed E-state index contributed by atoms with van der Waals surface area (Å²) >= 11 is 1.56. The van der Waals surface area contributed by atoms with E-state index in [1.807, 2.05) is 54.8 Å². The standard InChI is InChI=1S/C22H21N3O4S/c1-4-27-19-10-7-16(11-20(19)26-3)22-24-17(13-30-22)12-28-18-8-5-15(6-9-18)21-23-14(2)29-25-21/h5-11,13H,4,12H2,1-3H3. The van der Waals surface area contributed by atoms with Crippen LogP contribution in [0.5, 0.6) is 17.2 Å². The highest BCUT2D eigenvalue weighted by Crippen LogP contribution is 2.34. The zero-order valence-corrected chi connectivity index (χ0v) is 17.7. The SMILES string of the molecule is CCOc1ccc(-c2nc(COc3ccc(-c4noc(C)n4)cc3)cs2)cc1OC. The smallest absolute Gasteiger partial charge is 0.223 e. The quantitative estimate of drug-likeness (QED) is 0.387. The molecule has 2 aromatic heterocycles. The lowest BCUT2D eigenvalue weighted by Gasteiger charge is -2.10. The summed E-state index contributed by atoms with van der Waals surface area (Å²) in [6.07, 6.45) is 0. The Morgan fingerprint density at radius 3 is 2.47 bits per heavy atom. The number of hydrogen-bond donors (Lipinski definition) is 0. The van der Waals surface area contributed by atoms with Crippen LogP contribution >= 0.6 is 11.3 Å². The number of rotatable bonds is 8. The second-order valence-corrected chi connectivity index (χ2v) is 7.25. The number of methoxy groups -OCH3 is 1. The first-order valence-electron chi connectivity index (χ1n) is 9.45. The topological polar surface area (TPSA) is 79.5 Å². The fourth-order valence-corrected chi connectivity index (χ4v) is 3.66. The average Bonchev–Trinajstić information content (AvgIpc) is 3.42. The van der Waals surface area contributed by atoms with Crippen LogP contribution in [0.4, 0.5) is 0 Å². The van der Waals surface area contributed by atoms with Gasteiger partial charge < -0.3 is 18.7 Å². The van der Waals surface area contributed by atoms with E-state index in [0.29, 0.717) is 30.7 Å². The summed E-state index contributed by atoms with van der Waals surface area (Å²) in [5.74, 6) is 3.27. The normalized spacial score (nSPS) is 10.8.